The van der Waals surface area contributed by atoms with Crippen molar-refractivity contribution >= 4 is 0 Å². The van der Waals surface area contributed by atoms with Gasteiger partial charge in [0, 0.05) is 24.5 Å². The highest BCUT2D eigenvalue weighted by molar-refractivity contribution is 5.20. The Labute approximate surface area is 112 Å². The number of hydrogen-bond acceptors (Lipinski definition) is 3. The van der Waals surface area contributed by atoms with E-state index in [1.807, 2.05) is 26.8 Å². The number of benzene rings is 1. The van der Waals surface area contributed by atoms with Crippen LogP contribution in [0.5, 0.6) is 0 Å². The average molecular weight is 259 g/mol. The number of aryl methyl sites for hydroxylation is 1. The molecule has 1 heterocycles. The third-order valence-corrected chi connectivity index (χ3v) is 3.18. The van der Waals surface area contributed by atoms with Crippen LogP contribution >= 0.6 is 0 Å². The van der Waals surface area contributed by atoms with Crippen molar-refractivity contribution in [3.8, 4) is 0 Å². The maximum atomic E-state index is 13.2. The lowest BCUT2D eigenvalue weighted by Gasteiger charge is -2.20. The van der Waals surface area contributed by atoms with Crippen molar-refractivity contribution in [2.75, 3.05) is 0 Å². The number of halogens is 1. The second kappa shape index (κ2) is 5.89. The number of hydrogen-bond donors (Lipinski definition) is 1. The first kappa shape index (κ1) is 13.6. The highest BCUT2D eigenvalue weighted by Crippen LogP contribution is 2.19. The Balaban J connectivity index is 2.11. The molecule has 0 bridgehead atoms. The van der Waals surface area contributed by atoms with Crippen LogP contribution in [-0.4, -0.2) is 9.97 Å². The minimum Gasteiger partial charge on any atom is -0.302 e. The summed E-state index contributed by atoms with van der Waals surface area (Å²) in [5.41, 5.74) is 2.76. The van der Waals surface area contributed by atoms with Gasteiger partial charge in [-0.25, -0.2) is 4.39 Å². The van der Waals surface area contributed by atoms with Crippen LogP contribution in [0.4, 0.5) is 4.39 Å². The third-order valence-electron chi connectivity index (χ3n) is 3.18. The minimum atomic E-state index is -0.213. The fraction of sp³-hybridized carbons (Fsp3) is 0.333. The van der Waals surface area contributed by atoms with Gasteiger partial charge in [-0.1, -0.05) is 12.1 Å². The van der Waals surface area contributed by atoms with Gasteiger partial charge in [-0.3, -0.25) is 9.97 Å². The molecule has 100 valence electrons. The summed E-state index contributed by atoms with van der Waals surface area (Å²) in [7, 11) is 0. The first-order chi connectivity index (χ1) is 9.08. The molecule has 1 N–H and O–H groups in total. The molecule has 0 aliphatic rings. The van der Waals surface area contributed by atoms with Crippen molar-refractivity contribution in [1.29, 1.82) is 0 Å². The van der Waals surface area contributed by atoms with Crippen LogP contribution in [0.2, 0.25) is 0 Å². The van der Waals surface area contributed by atoms with E-state index in [2.05, 4.69) is 15.3 Å². The van der Waals surface area contributed by atoms with E-state index >= 15 is 0 Å². The topological polar surface area (TPSA) is 37.8 Å². The first-order valence-corrected chi connectivity index (χ1v) is 6.37. The lowest BCUT2D eigenvalue weighted by molar-refractivity contribution is 0.480. The molecule has 0 radical (unpaired) electrons. The lowest BCUT2D eigenvalue weighted by atomic mass is 10.1. The average Bonchev–Trinajstić information content (AvgIpc) is 2.39. The number of aromatic nitrogens is 2. The van der Waals surface area contributed by atoms with E-state index in [4.69, 9.17) is 0 Å². The molecule has 0 aliphatic heterocycles. The number of nitrogens with one attached hydrogen (secondary N) is 1. The van der Waals surface area contributed by atoms with Gasteiger partial charge in [0.2, 0.25) is 0 Å². The van der Waals surface area contributed by atoms with Crippen molar-refractivity contribution in [1.82, 2.24) is 15.3 Å². The Morgan fingerprint density at radius 1 is 1.11 bits per heavy atom. The summed E-state index contributed by atoms with van der Waals surface area (Å²) < 4.78 is 13.2. The van der Waals surface area contributed by atoms with E-state index in [1.165, 1.54) is 6.07 Å². The summed E-state index contributed by atoms with van der Waals surface area (Å²) in [6.45, 7) is 5.98. The highest BCUT2D eigenvalue weighted by Gasteiger charge is 2.14. The van der Waals surface area contributed by atoms with Crippen molar-refractivity contribution in [3.63, 3.8) is 0 Å². The van der Waals surface area contributed by atoms with Gasteiger partial charge in [0.25, 0.3) is 0 Å². The monoisotopic (exact) mass is 259 g/mol. The highest BCUT2D eigenvalue weighted by atomic mass is 19.1. The molecule has 0 saturated carbocycles. The summed E-state index contributed by atoms with van der Waals surface area (Å²) >= 11 is 0. The van der Waals surface area contributed by atoms with Gasteiger partial charge in [0.05, 0.1) is 11.4 Å². The molecule has 0 amide bonds. The van der Waals surface area contributed by atoms with E-state index < -0.39 is 0 Å². The standard InChI is InChI=1S/C15H18FN3/c1-10(13-5-4-6-14(16)9-13)19-12(3)15-11(2)17-7-8-18-15/h4-10,12,19H,1-3H3/t10-,12?/m1/s1. The zero-order valence-electron chi connectivity index (χ0n) is 11.4. The number of nitrogens with zero attached hydrogens (tertiary/aromatic N) is 2. The van der Waals surface area contributed by atoms with E-state index in [-0.39, 0.29) is 17.9 Å². The summed E-state index contributed by atoms with van der Waals surface area (Å²) in [5, 5.41) is 3.41. The molecule has 0 fully saturated rings. The smallest absolute Gasteiger partial charge is 0.123 e. The fourth-order valence-electron chi connectivity index (χ4n) is 2.17. The Bertz CT molecular complexity index is 557. The van der Waals surface area contributed by atoms with Crippen LogP contribution in [0.25, 0.3) is 0 Å². The van der Waals surface area contributed by atoms with E-state index in [0.29, 0.717) is 0 Å². The van der Waals surface area contributed by atoms with Crippen LogP contribution in [0.3, 0.4) is 0 Å². The zero-order valence-corrected chi connectivity index (χ0v) is 11.4. The maximum Gasteiger partial charge on any atom is 0.123 e. The van der Waals surface area contributed by atoms with Gasteiger partial charge in [-0.05, 0) is 38.5 Å². The second-order valence-electron chi connectivity index (χ2n) is 4.69. The first-order valence-electron chi connectivity index (χ1n) is 6.37. The third kappa shape index (κ3) is 3.35. The molecule has 19 heavy (non-hydrogen) atoms. The van der Waals surface area contributed by atoms with Crippen LogP contribution < -0.4 is 5.32 Å². The van der Waals surface area contributed by atoms with Crippen molar-refractivity contribution < 1.29 is 4.39 Å². The predicted molar refractivity (Wildman–Crippen MR) is 73.1 cm³/mol. The largest absolute Gasteiger partial charge is 0.302 e. The normalized spacial score (nSPS) is 14.1. The molecule has 4 heteroatoms. The van der Waals surface area contributed by atoms with E-state index in [9.17, 15) is 4.39 Å². The zero-order chi connectivity index (χ0) is 13.8. The van der Waals surface area contributed by atoms with E-state index in [1.54, 1.807) is 24.5 Å². The van der Waals surface area contributed by atoms with Crippen LogP contribution in [0, 0.1) is 12.7 Å². The van der Waals surface area contributed by atoms with Crippen LogP contribution in [0.15, 0.2) is 36.7 Å². The van der Waals surface area contributed by atoms with Gasteiger partial charge < -0.3 is 5.32 Å². The molecule has 1 unspecified atom stereocenters. The van der Waals surface area contributed by atoms with E-state index in [0.717, 1.165) is 17.0 Å². The van der Waals surface area contributed by atoms with Gasteiger partial charge in [0.1, 0.15) is 5.82 Å². The van der Waals surface area contributed by atoms with Crippen LogP contribution in [0.1, 0.15) is 42.9 Å². The number of rotatable bonds is 4. The minimum absolute atomic E-state index is 0.0482. The molecule has 0 saturated heterocycles. The summed E-state index contributed by atoms with van der Waals surface area (Å²) in [5.74, 6) is -0.213. The molecule has 2 aromatic rings. The Kier molecular flexibility index (Phi) is 4.22. The van der Waals surface area contributed by atoms with Gasteiger partial charge in [0.15, 0.2) is 0 Å². The maximum absolute atomic E-state index is 13.2. The quantitative estimate of drug-likeness (QED) is 0.915. The predicted octanol–water partition coefficient (Wildman–Crippen LogP) is 3.34. The Morgan fingerprint density at radius 2 is 1.84 bits per heavy atom. The Hall–Kier alpha value is -1.81. The molecular formula is C15H18FN3. The molecule has 2 rings (SSSR count). The molecule has 0 spiro atoms. The summed E-state index contributed by atoms with van der Waals surface area (Å²) in [6.07, 6.45) is 3.37. The van der Waals surface area contributed by atoms with Gasteiger partial charge in [-0.2, -0.15) is 0 Å². The van der Waals surface area contributed by atoms with Crippen molar-refractivity contribution in [3.05, 3.63) is 59.4 Å². The molecule has 1 aromatic carbocycles. The molecule has 2 atom stereocenters. The SMILES string of the molecule is Cc1nccnc1C(C)N[C@H](C)c1cccc(F)c1. The summed E-state index contributed by atoms with van der Waals surface area (Å²) in [6, 6.07) is 6.75. The summed E-state index contributed by atoms with van der Waals surface area (Å²) in [4.78, 5) is 8.58. The second-order valence-corrected chi connectivity index (χ2v) is 4.69. The fourth-order valence-corrected chi connectivity index (χ4v) is 2.17. The van der Waals surface area contributed by atoms with Crippen LogP contribution in [-0.2, 0) is 0 Å². The molecule has 0 aliphatic carbocycles. The lowest BCUT2D eigenvalue weighted by Crippen LogP contribution is -2.24. The van der Waals surface area contributed by atoms with Gasteiger partial charge >= 0.3 is 0 Å². The van der Waals surface area contributed by atoms with Crippen molar-refractivity contribution in [2.45, 2.75) is 32.9 Å². The molecule has 1 aromatic heterocycles. The van der Waals surface area contributed by atoms with Gasteiger partial charge in [-0.15, -0.1) is 0 Å². The molecule has 3 nitrogen and oxygen atoms in total. The Morgan fingerprint density at radius 3 is 2.53 bits per heavy atom. The molecular weight excluding hydrogens is 241 g/mol. The van der Waals surface area contributed by atoms with Crippen molar-refractivity contribution in [2.24, 2.45) is 0 Å².